The summed E-state index contributed by atoms with van der Waals surface area (Å²) < 4.78 is 0. The molecule has 1 aliphatic carbocycles. The van der Waals surface area contributed by atoms with Crippen molar-refractivity contribution in [1.29, 1.82) is 0 Å². The quantitative estimate of drug-likeness (QED) is 0.737. The van der Waals surface area contributed by atoms with Gasteiger partial charge in [-0.2, -0.15) is 0 Å². The molecular weight excluding hydrogens is 208 g/mol. The molecule has 1 N–H and O–H groups in total. The van der Waals surface area contributed by atoms with Crippen LogP contribution in [0.3, 0.4) is 0 Å². The Morgan fingerprint density at radius 1 is 1.24 bits per heavy atom. The lowest BCUT2D eigenvalue weighted by Crippen LogP contribution is -2.57. The molecule has 2 heteroatoms. The second kappa shape index (κ2) is 6.42. The van der Waals surface area contributed by atoms with E-state index in [0.717, 1.165) is 19.0 Å². The van der Waals surface area contributed by atoms with Crippen LogP contribution in [0.2, 0.25) is 0 Å². The summed E-state index contributed by atoms with van der Waals surface area (Å²) >= 11 is 0. The highest BCUT2D eigenvalue weighted by Crippen LogP contribution is 2.28. The fourth-order valence-corrected chi connectivity index (χ4v) is 3.20. The van der Waals surface area contributed by atoms with Gasteiger partial charge in [0.2, 0.25) is 0 Å². The molecule has 0 aromatic carbocycles. The van der Waals surface area contributed by atoms with Crippen molar-refractivity contribution < 1.29 is 0 Å². The van der Waals surface area contributed by atoms with Gasteiger partial charge < -0.3 is 5.32 Å². The Hall–Kier alpha value is -0.520. The summed E-state index contributed by atoms with van der Waals surface area (Å²) in [4.78, 5) is 2.55. The number of hydrogen-bond acceptors (Lipinski definition) is 2. The van der Waals surface area contributed by atoms with Crippen molar-refractivity contribution in [2.45, 2.75) is 58.0 Å². The average molecular weight is 234 g/mol. The molecule has 2 fully saturated rings. The smallest absolute Gasteiger partial charge is 0.0604 e. The second-order valence-corrected chi connectivity index (χ2v) is 5.62. The molecule has 2 aliphatic rings. The molecule has 0 amide bonds. The largest absolute Gasteiger partial charge is 0.311 e. The van der Waals surface area contributed by atoms with Crippen LogP contribution in [0.25, 0.3) is 0 Å². The van der Waals surface area contributed by atoms with E-state index >= 15 is 0 Å². The number of nitrogens with one attached hydrogen (secondary N) is 1. The Labute approximate surface area is 106 Å². The van der Waals surface area contributed by atoms with Gasteiger partial charge in [-0.25, -0.2) is 0 Å². The topological polar surface area (TPSA) is 15.3 Å². The molecule has 1 saturated carbocycles. The average Bonchev–Trinajstić information content (AvgIpc) is 2.39. The van der Waals surface area contributed by atoms with Crippen LogP contribution in [0.15, 0.2) is 0 Å². The summed E-state index contributed by atoms with van der Waals surface area (Å²) in [5, 5.41) is 3.76. The Balaban J connectivity index is 1.88. The van der Waals surface area contributed by atoms with E-state index < -0.39 is 0 Å². The van der Waals surface area contributed by atoms with Crippen LogP contribution in [0.4, 0.5) is 0 Å². The molecule has 96 valence electrons. The van der Waals surface area contributed by atoms with Gasteiger partial charge in [0.05, 0.1) is 6.54 Å². The maximum absolute atomic E-state index is 3.76. The summed E-state index contributed by atoms with van der Waals surface area (Å²) in [7, 11) is 0. The first-order valence-corrected chi connectivity index (χ1v) is 7.18. The van der Waals surface area contributed by atoms with E-state index in [4.69, 9.17) is 0 Å². The van der Waals surface area contributed by atoms with E-state index in [1.54, 1.807) is 0 Å². The molecule has 1 saturated heterocycles. The lowest BCUT2D eigenvalue weighted by Gasteiger charge is -2.42. The number of piperazine rings is 1. The Morgan fingerprint density at radius 2 is 2.00 bits per heavy atom. The lowest BCUT2D eigenvalue weighted by atomic mass is 9.82. The summed E-state index contributed by atoms with van der Waals surface area (Å²) in [6.45, 7) is 7.52. The van der Waals surface area contributed by atoms with Gasteiger partial charge in [-0.3, -0.25) is 4.90 Å². The van der Waals surface area contributed by atoms with Crippen molar-refractivity contribution in [2.24, 2.45) is 5.92 Å². The molecule has 0 aromatic heterocycles. The number of nitrogens with zero attached hydrogens (tertiary/aromatic N) is 1. The molecule has 0 aromatic rings. The maximum Gasteiger partial charge on any atom is 0.0604 e. The highest BCUT2D eigenvalue weighted by Gasteiger charge is 2.30. The van der Waals surface area contributed by atoms with Gasteiger partial charge in [0.25, 0.3) is 0 Å². The minimum Gasteiger partial charge on any atom is -0.311 e. The first-order valence-electron chi connectivity index (χ1n) is 7.18. The molecular formula is C15H26N2. The lowest BCUT2D eigenvalue weighted by molar-refractivity contribution is 0.117. The predicted octanol–water partition coefficient (Wildman–Crippen LogP) is 2.25. The van der Waals surface area contributed by atoms with Crippen molar-refractivity contribution >= 4 is 0 Å². The van der Waals surface area contributed by atoms with Crippen LogP contribution >= 0.6 is 0 Å². The fourth-order valence-electron chi connectivity index (χ4n) is 3.20. The minimum absolute atomic E-state index is 0.635. The van der Waals surface area contributed by atoms with E-state index in [2.05, 4.69) is 29.0 Å². The van der Waals surface area contributed by atoms with Crippen LogP contribution in [-0.2, 0) is 0 Å². The molecule has 1 heterocycles. The van der Waals surface area contributed by atoms with E-state index in [9.17, 15) is 0 Å². The second-order valence-electron chi connectivity index (χ2n) is 5.62. The van der Waals surface area contributed by atoms with Gasteiger partial charge in [-0.15, -0.1) is 5.92 Å². The normalized spacial score (nSPS) is 31.9. The number of hydrogen-bond donors (Lipinski definition) is 1. The summed E-state index contributed by atoms with van der Waals surface area (Å²) in [5.41, 5.74) is 0. The van der Waals surface area contributed by atoms with Gasteiger partial charge >= 0.3 is 0 Å². The van der Waals surface area contributed by atoms with Crippen LogP contribution in [-0.4, -0.2) is 36.6 Å². The molecule has 0 spiro atoms. The molecule has 2 nitrogen and oxygen atoms in total. The van der Waals surface area contributed by atoms with Crippen molar-refractivity contribution in [1.82, 2.24) is 10.2 Å². The molecule has 2 atom stereocenters. The van der Waals surface area contributed by atoms with Crippen LogP contribution < -0.4 is 5.32 Å². The van der Waals surface area contributed by atoms with E-state index in [-0.39, 0.29) is 0 Å². The van der Waals surface area contributed by atoms with Gasteiger partial charge in [0.15, 0.2) is 0 Å². The van der Waals surface area contributed by atoms with Gasteiger partial charge in [0.1, 0.15) is 0 Å². The molecule has 2 unspecified atom stereocenters. The van der Waals surface area contributed by atoms with Crippen LogP contribution in [0, 0.1) is 17.8 Å². The molecule has 0 bridgehead atoms. The highest BCUT2D eigenvalue weighted by atomic mass is 15.2. The Morgan fingerprint density at radius 3 is 2.71 bits per heavy atom. The zero-order valence-electron chi connectivity index (χ0n) is 11.3. The Bertz CT molecular complexity index is 283. The maximum atomic E-state index is 3.76. The first kappa shape index (κ1) is 12.9. The van der Waals surface area contributed by atoms with Crippen molar-refractivity contribution in [3.05, 3.63) is 0 Å². The zero-order valence-corrected chi connectivity index (χ0v) is 11.3. The fraction of sp³-hybridized carbons (Fsp3) is 0.867. The molecule has 2 rings (SSSR count). The standard InChI is InChI=1S/C15H26N2/c1-3-4-10-17-12-15(16-11-13(17)2)14-8-6-5-7-9-14/h13-16H,5-12H2,1-2H3. The third kappa shape index (κ3) is 3.47. The summed E-state index contributed by atoms with van der Waals surface area (Å²) in [5.74, 6) is 7.15. The summed E-state index contributed by atoms with van der Waals surface area (Å²) in [6, 6.07) is 1.35. The zero-order chi connectivity index (χ0) is 12.1. The Kier molecular flexibility index (Phi) is 4.88. The predicted molar refractivity (Wildman–Crippen MR) is 72.9 cm³/mol. The van der Waals surface area contributed by atoms with Crippen molar-refractivity contribution in [3.8, 4) is 11.8 Å². The van der Waals surface area contributed by atoms with Gasteiger partial charge in [0, 0.05) is 25.2 Å². The van der Waals surface area contributed by atoms with E-state index in [1.807, 2.05) is 6.92 Å². The first-order chi connectivity index (χ1) is 8.31. The van der Waals surface area contributed by atoms with Crippen molar-refractivity contribution in [2.75, 3.05) is 19.6 Å². The summed E-state index contributed by atoms with van der Waals surface area (Å²) in [6.07, 6.45) is 7.18. The van der Waals surface area contributed by atoms with Crippen LogP contribution in [0.1, 0.15) is 46.0 Å². The third-order valence-electron chi connectivity index (χ3n) is 4.41. The molecule has 0 radical (unpaired) electrons. The molecule has 1 aliphatic heterocycles. The molecule has 17 heavy (non-hydrogen) atoms. The van der Waals surface area contributed by atoms with Gasteiger partial charge in [-0.1, -0.05) is 25.2 Å². The minimum atomic E-state index is 0.635. The number of rotatable bonds is 2. The SMILES string of the molecule is CC#CCN1CC(C2CCCCC2)NCC1C. The van der Waals surface area contributed by atoms with E-state index in [0.29, 0.717) is 12.1 Å². The monoisotopic (exact) mass is 234 g/mol. The highest BCUT2D eigenvalue weighted by molar-refractivity contribution is 5.00. The third-order valence-corrected chi connectivity index (χ3v) is 4.41. The van der Waals surface area contributed by atoms with E-state index in [1.165, 1.54) is 38.6 Å². The van der Waals surface area contributed by atoms with Crippen molar-refractivity contribution in [3.63, 3.8) is 0 Å². The van der Waals surface area contributed by atoms with Crippen LogP contribution in [0.5, 0.6) is 0 Å². The van der Waals surface area contributed by atoms with Gasteiger partial charge in [-0.05, 0) is 32.6 Å².